The van der Waals surface area contributed by atoms with E-state index in [1.807, 2.05) is 0 Å². The smallest absolute Gasteiger partial charge is 0.320 e. The highest BCUT2D eigenvalue weighted by molar-refractivity contribution is 7.91. The van der Waals surface area contributed by atoms with Crippen molar-refractivity contribution in [2.24, 2.45) is 57.2 Å². The molecule has 0 spiro atoms. The summed E-state index contributed by atoms with van der Waals surface area (Å²) in [5.74, 6) is 1.89. The Balaban J connectivity index is 1.18. The van der Waals surface area contributed by atoms with Gasteiger partial charge in [0.1, 0.15) is 0 Å². The molecule has 0 unspecified atom stereocenters. The van der Waals surface area contributed by atoms with Crippen LogP contribution >= 0.6 is 0 Å². The fourth-order valence-corrected chi connectivity index (χ4v) is 15.6. The van der Waals surface area contributed by atoms with E-state index in [9.17, 15) is 18.0 Å². The van der Waals surface area contributed by atoms with Gasteiger partial charge in [0.25, 0.3) is 0 Å². The maximum Gasteiger partial charge on any atom is 0.320 e. The van der Waals surface area contributed by atoms with E-state index < -0.39 is 27.7 Å². The Morgan fingerprint density at radius 3 is 2.20 bits per heavy atom. The average molecular weight is 771 g/mol. The van der Waals surface area contributed by atoms with Crippen LogP contribution in [0.2, 0.25) is 0 Å². The molecule has 0 bridgehead atoms. The van der Waals surface area contributed by atoms with E-state index in [4.69, 9.17) is 9.47 Å². The Labute approximate surface area is 328 Å². The molecule has 6 rings (SSSR count). The summed E-state index contributed by atoms with van der Waals surface area (Å²) in [7, 11) is -2.87. The minimum absolute atomic E-state index is 0.0517. The molecule has 6 aliphatic rings. The lowest BCUT2D eigenvalue weighted by molar-refractivity contribution is -0.221. The number of hydrogen-bond acceptors (Lipinski definition) is 8. The zero-order valence-corrected chi connectivity index (χ0v) is 36.0. The van der Waals surface area contributed by atoms with Crippen molar-refractivity contribution in [3.63, 3.8) is 0 Å². The number of nitrogens with one attached hydrogen (secondary N) is 1. The van der Waals surface area contributed by atoms with Gasteiger partial charge >= 0.3 is 11.9 Å². The standard InChI is InChI=1S/C45H74N2O6S/c1-10-52-39(48)34(40(49)53-11-2)14-12-13-32-17-20-42(7)36(41(32,5)6)19-21-44(9)37(42)16-15-35-38-33(31(3)4)18-22-45(38,24-23-43(35,44)8)46-25-26-47-27-29-54(50,51)30-28-47/h17,33-38,46H,3,10-16,18-30H2,1-2,4-9H3/t33-,35+,36-,37+,38+,42-,43+,44+,45-/m0/s1. The third-order valence-electron chi connectivity index (χ3n) is 17.2. The van der Waals surface area contributed by atoms with Crippen LogP contribution in [0.5, 0.6) is 0 Å². The summed E-state index contributed by atoms with van der Waals surface area (Å²) >= 11 is 0. The minimum Gasteiger partial charge on any atom is -0.465 e. The molecule has 306 valence electrons. The minimum atomic E-state index is -2.87. The van der Waals surface area contributed by atoms with Crippen molar-refractivity contribution in [1.82, 2.24) is 10.2 Å². The van der Waals surface area contributed by atoms with Crippen LogP contribution in [0.1, 0.15) is 132 Å². The van der Waals surface area contributed by atoms with Crippen LogP contribution in [0.4, 0.5) is 0 Å². The third-order valence-corrected chi connectivity index (χ3v) is 18.9. The zero-order valence-electron chi connectivity index (χ0n) is 35.2. The molecule has 9 atom stereocenters. The first kappa shape index (κ1) is 41.9. The largest absolute Gasteiger partial charge is 0.465 e. The summed E-state index contributed by atoms with van der Waals surface area (Å²) in [6, 6.07) is 0. The van der Waals surface area contributed by atoms with Gasteiger partial charge in [-0.2, -0.15) is 0 Å². The molecule has 1 N–H and O–H groups in total. The number of sulfone groups is 1. The number of allylic oxidation sites excluding steroid dienone is 3. The maximum absolute atomic E-state index is 12.7. The van der Waals surface area contributed by atoms with Crippen LogP contribution in [0.3, 0.4) is 0 Å². The number of nitrogens with zero attached hydrogens (tertiary/aromatic N) is 1. The topological polar surface area (TPSA) is 102 Å². The van der Waals surface area contributed by atoms with Gasteiger partial charge in [-0.05, 0) is 149 Å². The molecular formula is C45H74N2O6S. The first-order chi connectivity index (χ1) is 25.4. The molecule has 5 aliphatic carbocycles. The van der Waals surface area contributed by atoms with Crippen LogP contribution in [0.15, 0.2) is 23.8 Å². The van der Waals surface area contributed by atoms with Crippen LogP contribution < -0.4 is 5.32 Å². The summed E-state index contributed by atoms with van der Waals surface area (Å²) in [5, 5.41) is 4.21. The number of fused-ring (bicyclic) bond motifs is 7. The van der Waals surface area contributed by atoms with E-state index in [0.29, 0.717) is 60.6 Å². The summed E-state index contributed by atoms with van der Waals surface area (Å²) in [5.41, 5.74) is 3.81. The molecule has 1 saturated heterocycles. The summed E-state index contributed by atoms with van der Waals surface area (Å²) in [4.78, 5) is 27.7. The molecule has 8 nitrogen and oxygen atoms in total. The van der Waals surface area contributed by atoms with Gasteiger partial charge < -0.3 is 19.7 Å². The van der Waals surface area contributed by atoms with Crippen molar-refractivity contribution in [3.05, 3.63) is 23.8 Å². The van der Waals surface area contributed by atoms with Crippen molar-refractivity contribution in [2.45, 2.75) is 138 Å². The summed E-state index contributed by atoms with van der Waals surface area (Å²) < 4.78 is 34.6. The van der Waals surface area contributed by atoms with E-state index in [-0.39, 0.29) is 40.4 Å². The van der Waals surface area contributed by atoms with Crippen molar-refractivity contribution in [3.8, 4) is 0 Å². The Hall–Kier alpha value is -1.71. The van der Waals surface area contributed by atoms with Crippen LogP contribution in [0, 0.1) is 57.2 Å². The summed E-state index contributed by atoms with van der Waals surface area (Å²) in [6.45, 7) is 27.1. The maximum atomic E-state index is 12.7. The van der Waals surface area contributed by atoms with E-state index in [2.05, 4.69) is 64.4 Å². The molecule has 5 fully saturated rings. The normalized spacial score (nSPS) is 39.7. The highest BCUT2D eigenvalue weighted by Gasteiger charge is 2.70. The van der Waals surface area contributed by atoms with E-state index >= 15 is 0 Å². The first-order valence-corrected chi connectivity index (χ1v) is 23.6. The van der Waals surface area contributed by atoms with E-state index in [1.165, 1.54) is 62.5 Å². The quantitative estimate of drug-likeness (QED) is 0.114. The van der Waals surface area contributed by atoms with Gasteiger partial charge in [0.05, 0.1) is 24.7 Å². The zero-order chi connectivity index (χ0) is 39.3. The second-order valence-corrected chi connectivity index (χ2v) is 22.2. The van der Waals surface area contributed by atoms with Gasteiger partial charge in [0.15, 0.2) is 15.8 Å². The van der Waals surface area contributed by atoms with Crippen LogP contribution in [-0.4, -0.2) is 81.7 Å². The molecule has 0 amide bonds. The Morgan fingerprint density at radius 2 is 1.57 bits per heavy atom. The fraction of sp³-hybridized carbons (Fsp3) is 0.867. The Bertz CT molecular complexity index is 1540. The molecule has 1 heterocycles. The molecule has 4 saturated carbocycles. The first-order valence-electron chi connectivity index (χ1n) is 21.7. The van der Waals surface area contributed by atoms with Gasteiger partial charge in [-0.1, -0.05) is 58.4 Å². The van der Waals surface area contributed by atoms with Gasteiger partial charge in [-0.3, -0.25) is 9.59 Å². The predicted molar refractivity (Wildman–Crippen MR) is 216 cm³/mol. The SMILES string of the molecule is C=C(C)[C@@H]1CC[C@]2(NCCN3CCS(=O)(=O)CC3)CC[C@]3(C)[C@H](CC[C@@H]4[C@@]5(C)CC=C(CCCC(C(=O)OCC)C(=O)OCC)C(C)(C)[C@@H]5CC[C@]43C)[C@@H]12. The molecule has 0 aromatic heterocycles. The second-order valence-electron chi connectivity index (χ2n) is 19.9. The average Bonchev–Trinajstić information content (AvgIpc) is 3.49. The van der Waals surface area contributed by atoms with Crippen molar-refractivity contribution < 1.29 is 27.5 Å². The van der Waals surface area contributed by atoms with E-state index in [0.717, 1.165) is 32.4 Å². The molecule has 54 heavy (non-hydrogen) atoms. The molecule has 0 radical (unpaired) electrons. The monoisotopic (exact) mass is 771 g/mol. The van der Waals surface area contributed by atoms with Crippen LogP contribution in [0.25, 0.3) is 0 Å². The highest BCUT2D eigenvalue weighted by atomic mass is 32.2. The number of esters is 2. The lowest BCUT2D eigenvalue weighted by atomic mass is 9.33. The number of ether oxygens (including phenoxy) is 2. The van der Waals surface area contributed by atoms with Gasteiger partial charge in [0, 0.05) is 31.7 Å². The summed E-state index contributed by atoms with van der Waals surface area (Å²) in [6.07, 6.45) is 15.8. The van der Waals surface area contributed by atoms with Crippen molar-refractivity contribution >= 4 is 21.8 Å². The lowest BCUT2D eigenvalue weighted by Gasteiger charge is -2.72. The number of rotatable bonds is 13. The number of carbonyl (C=O) groups is 2. The third kappa shape index (κ3) is 7.20. The Morgan fingerprint density at radius 1 is 0.907 bits per heavy atom. The molecule has 0 aromatic carbocycles. The van der Waals surface area contributed by atoms with E-state index in [1.54, 1.807) is 13.8 Å². The fourth-order valence-electron chi connectivity index (χ4n) is 14.3. The van der Waals surface area contributed by atoms with Gasteiger partial charge in [0.2, 0.25) is 0 Å². The molecular weight excluding hydrogens is 697 g/mol. The number of hydrogen-bond donors (Lipinski definition) is 1. The molecule has 0 aromatic rings. The van der Waals surface area contributed by atoms with Gasteiger partial charge in [-0.15, -0.1) is 0 Å². The van der Waals surface area contributed by atoms with Crippen molar-refractivity contribution in [2.75, 3.05) is 50.9 Å². The Kier molecular flexibility index (Phi) is 12.1. The van der Waals surface area contributed by atoms with Crippen LogP contribution in [-0.2, 0) is 28.9 Å². The number of carbonyl (C=O) groups excluding carboxylic acids is 2. The predicted octanol–water partition coefficient (Wildman–Crippen LogP) is 8.17. The van der Waals surface area contributed by atoms with Crippen molar-refractivity contribution in [1.29, 1.82) is 0 Å². The lowest BCUT2D eigenvalue weighted by Crippen LogP contribution is -2.68. The molecule has 9 heteroatoms. The second kappa shape index (κ2) is 15.6. The molecule has 1 aliphatic heterocycles. The van der Waals surface area contributed by atoms with Gasteiger partial charge in [-0.25, -0.2) is 8.42 Å². The highest BCUT2D eigenvalue weighted by Crippen LogP contribution is 2.76.